The van der Waals surface area contributed by atoms with Crippen LogP contribution in [0, 0.1) is 5.92 Å². The van der Waals surface area contributed by atoms with E-state index >= 15 is 0 Å². The minimum absolute atomic E-state index is 0.150. The lowest BCUT2D eigenvalue weighted by Gasteiger charge is -2.34. The summed E-state index contributed by atoms with van der Waals surface area (Å²) < 4.78 is 1.91. The Morgan fingerprint density at radius 2 is 1.82 bits per heavy atom. The highest BCUT2D eigenvalue weighted by molar-refractivity contribution is 6.07. The van der Waals surface area contributed by atoms with Gasteiger partial charge in [-0.2, -0.15) is 9.97 Å². The van der Waals surface area contributed by atoms with Crippen molar-refractivity contribution in [3.63, 3.8) is 0 Å². The lowest BCUT2D eigenvalue weighted by atomic mass is 9.91. The molecule has 4 aromatic rings. The van der Waals surface area contributed by atoms with Crippen molar-refractivity contribution in [2.24, 2.45) is 11.7 Å². The van der Waals surface area contributed by atoms with Gasteiger partial charge in [-0.3, -0.25) is 9.69 Å². The molecule has 0 atom stereocenters. The third-order valence-electron chi connectivity index (χ3n) is 7.14. The van der Waals surface area contributed by atoms with Crippen molar-refractivity contribution in [2.45, 2.75) is 52.2 Å². The molecule has 2 heterocycles. The van der Waals surface area contributed by atoms with Crippen LogP contribution in [0.2, 0.25) is 0 Å². The number of nitrogens with zero attached hydrogens (tertiary/aromatic N) is 5. The summed E-state index contributed by atoms with van der Waals surface area (Å²) in [4.78, 5) is 38.9. The molecule has 1 aliphatic carbocycles. The Morgan fingerprint density at radius 1 is 1.08 bits per heavy atom. The van der Waals surface area contributed by atoms with Crippen LogP contribution >= 0.6 is 0 Å². The molecule has 1 saturated carbocycles. The number of nitrogens with one attached hydrogen (secondary N) is 1. The van der Waals surface area contributed by atoms with Crippen LogP contribution in [0.5, 0.6) is 0 Å². The largest absolute Gasteiger partial charge is 0.362 e. The van der Waals surface area contributed by atoms with E-state index < -0.39 is 6.03 Å². The number of hydrogen-bond donors (Lipinski definition) is 2. The Hall–Kier alpha value is -4.14. The summed E-state index contributed by atoms with van der Waals surface area (Å²) in [6, 6.07) is 15.5. The molecule has 0 bridgehead atoms. The van der Waals surface area contributed by atoms with E-state index in [1.165, 1.54) is 15.7 Å². The Balaban J connectivity index is 1.58. The summed E-state index contributed by atoms with van der Waals surface area (Å²) in [5.74, 6) is 1.03. The fourth-order valence-electron chi connectivity index (χ4n) is 5.09. The molecule has 5 rings (SSSR count). The van der Waals surface area contributed by atoms with Gasteiger partial charge in [0.2, 0.25) is 5.95 Å². The van der Waals surface area contributed by atoms with Gasteiger partial charge >= 0.3 is 6.03 Å². The zero-order valence-electron chi connectivity index (χ0n) is 22.4. The van der Waals surface area contributed by atoms with Crippen molar-refractivity contribution >= 4 is 45.5 Å². The number of aromatic nitrogens is 3. The van der Waals surface area contributed by atoms with Crippen LogP contribution in [-0.4, -0.2) is 51.5 Å². The zero-order valence-corrected chi connectivity index (χ0v) is 22.4. The molecule has 0 unspecified atom stereocenters. The zero-order chi connectivity index (χ0) is 27.0. The number of primary amides is 1. The standard InChI is InChI=1S/C29H35N7O2/c1-18(2)17-35-24(27(37)36(28(30)38)21-12-8-13-21)15-23-25(34(3)4)32-29(33-26(23)35)31-16-20-11-7-10-19-9-5-6-14-22(19)20/h5-7,9-11,14-15,18,21H,8,12-13,16-17H2,1-4H3,(H2,30,38)(H,31,32,33). The molecule has 0 aliphatic heterocycles. The van der Waals surface area contributed by atoms with Crippen molar-refractivity contribution in [1.82, 2.24) is 19.4 Å². The SMILES string of the molecule is CC(C)Cn1c(C(=O)N(C(N)=O)C2CCC2)cc2c(N(C)C)nc(NCc3cccc4ccccc34)nc21. The average Bonchev–Trinajstić information content (AvgIpc) is 3.21. The summed E-state index contributed by atoms with van der Waals surface area (Å²) in [6.45, 7) is 5.29. The maximum absolute atomic E-state index is 13.7. The van der Waals surface area contributed by atoms with Crippen LogP contribution in [0.3, 0.4) is 0 Å². The number of carbonyl (C=O) groups is 2. The van der Waals surface area contributed by atoms with Crippen LogP contribution in [0.15, 0.2) is 48.5 Å². The smallest absolute Gasteiger partial charge is 0.322 e. The molecule has 0 spiro atoms. The maximum atomic E-state index is 13.7. The second kappa shape index (κ2) is 10.3. The van der Waals surface area contributed by atoms with Crippen molar-refractivity contribution in [2.75, 3.05) is 24.3 Å². The summed E-state index contributed by atoms with van der Waals surface area (Å²) in [5, 5.41) is 6.52. The topological polar surface area (TPSA) is 109 Å². The van der Waals surface area contributed by atoms with E-state index in [1.54, 1.807) is 6.07 Å². The second-order valence-electron chi connectivity index (χ2n) is 10.6. The van der Waals surface area contributed by atoms with Gasteiger partial charge in [-0.15, -0.1) is 0 Å². The number of amides is 3. The third kappa shape index (κ3) is 4.76. The molecular formula is C29H35N7O2. The van der Waals surface area contributed by atoms with Crippen LogP contribution in [0.1, 0.15) is 49.2 Å². The van der Waals surface area contributed by atoms with Crippen molar-refractivity contribution in [3.8, 4) is 0 Å². The van der Waals surface area contributed by atoms with Crippen molar-refractivity contribution in [3.05, 3.63) is 59.8 Å². The second-order valence-corrected chi connectivity index (χ2v) is 10.6. The normalized spacial score (nSPS) is 13.6. The Bertz CT molecular complexity index is 1500. The molecule has 2 aromatic heterocycles. The van der Waals surface area contributed by atoms with Gasteiger partial charge in [-0.05, 0) is 47.6 Å². The van der Waals surface area contributed by atoms with E-state index in [-0.39, 0.29) is 17.9 Å². The first kappa shape index (κ1) is 25.5. The lowest BCUT2D eigenvalue weighted by Crippen LogP contribution is -2.50. The third-order valence-corrected chi connectivity index (χ3v) is 7.14. The van der Waals surface area contributed by atoms with Gasteiger partial charge in [0.05, 0.1) is 5.39 Å². The molecule has 0 radical (unpaired) electrons. The predicted molar refractivity (Wildman–Crippen MR) is 151 cm³/mol. The van der Waals surface area contributed by atoms with Crippen molar-refractivity contribution < 1.29 is 9.59 Å². The summed E-state index contributed by atoms with van der Waals surface area (Å²) in [5.41, 5.74) is 7.88. The molecule has 3 amide bonds. The van der Waals surface area contributed by atoms with E-state index in [9.17, 15) is 9.59 Å². The quantitative estimate of drug-likeness (QED) is 0.343. The Morgan fingerprint density at radius 3 is 2.47 bits per heavy atom. The maximum Gasteiger partial charge on any atom is 0.322 e. The molecule has 2 aromatic carbocycles. The van der Waals surface area contributed by atoms with Gasteiger partial charge in [0.25, 0.3) is 5.91 Å². The van der Waals surface area contributed by atoms with E-state index in [0.29, 0.717) is 36.2 Å². The Kier molecular flexibility index (Phi) is 6.93. The minimum atomic E-state index is -0.711. The summed E-state index contributed by atoms with van der Waals surface area (Å²) >= 11 is 0. The highest BCUT2D eigenvalue weighted by Gasteiger charge is 2.35. The molecule has 0 saturated heterocycles. The molecule has 9 nitrogen and oxygen atoms in total. The van der Waals surface area contributed by atoms with E-state index in [4.69, 9.17) is 15.7 Å². The van der Waals surface area contributed by atoms with Gasteiger partial charge in [-0.1, -0.05) is 56.3 Å². The van der Waals surface area contributed by atoms with Gasteiger partial charge in [0, 0.05) is 33.2 Å². The molecule has 3 N–H and O–H groups in total. The summed E-state index contributed by atoms with van der Waals surface area (Å²) in [6.07, 6.45) is 2.55. The van der Waals surface area contributed by atoms with Gasteiger partial charge < -0.3 is 20.5 Å². The molecule has 1 fully saturated rings. The number of rotatable bonds is 8. The van der Waals surface area contributed by atoms with Crippen LogP contribution < -0.4 is 16.0 Å². The number of fused-ring (bicyclic) bond motifs is 2. The monoisotopic (exact) mass is 513 g/mol. The number of carbonyl (C=O) groups excluding carboxylic acids is 2. The first-order chi connectivity index (χ1) is 18.2. The molecule has 38 heavy (non-hydrogen) atoms. The number of imide groups is 1. The predicted octanol–water partition coefficient (Wildman–Crippen LogP) is 4.99. The Labute approximate surface area is 222 Å². The van der Waals surface area contributed by atoms with E-state index in [2.05, 4.69) is 43.4 Å². The number of hydrogen-bond acceptors (Lipinski definition) is 6. The fourth-order valence-corrected chi connectivity index (χ4v) is 5.09. The summed E-state index contributed by atoms with van der Waals surface area (Å²) in [7, 11) is 3.84. The number of anilines is 2. The van der Waals surface area contributed by atoms with Gasteiger partial charge in [0.15, 0.2) is 0 Å². The highest BCUT2D eigenvalue weighted by Crippen LogP contribution is 2.32. The first-order valence-electron chi connectivity index (χ1n) is 13.2. The number of urea groups is 1. The van der Waals surface area contributed by atoms with E-state index in [0.717, 1.165) is 30.2 Å². The molecule has 1 aliphatic rings. The average molecular weight is 514 g/mol. The van der Waals surface area contributed by atoms with Crippen LogP contribution in [0.4, 0.5) is 16.6 Å². The van der Waals surface area contributed by atoms with Gasteiger partial charge in [0.1, 0.15) is 17.2 Å². The van der Waals surface area contributed by atoms with Gasteiger partial charge in [-0.25, -0.2) is 4.79 Å². The highest BCUT2D eigenvalue weighted by atomic mass is 16.2. The van der Waals surface area contributed by atoms with Crippen LogP contribution in [-0.2, 0) is 13.1 Å². The lowest BCUT2D eigenvalue weighted by molar-refractivity contribution is 0.0669. The number of nitrogens with two attached hydrogens (primary N) is 1. The molecule has 9 heteroatoms. The molecular weight excluding hydrogens is 478 g/mol. The van der Waals surface area contributed by atoms with E-state index in [1.807, 2.05) is 41.8 Å². The van der Waals surface area contributed by atoms with Crippen LogP contribution in [0.25, 0.3) is 21.8 Å². The molecule has 198 valence electrons. The first-order valence-corrected chi connectivity index (χ1v) is 13.2. The fraction of sp³-hybridized carbons (Fsp3) is 0.379. The van der Waals surface area contributed by atoms with Crippen molar-refractivity contribution in [1.29, 1.82) is 0 Å². The minimum Gasteiger partial charge on any atom is -0.362 e. The number of benzene rings is 2.